The lowest BCUT2D eigenvalue weighted by atomic mass is 9.85. The lowest BCUT2D eigenvalue weighted by Crippen LogP contribution is -2.23. The highest BCUT2D eigenvalue weighted by molar-refractivity contribution is 6.14. The summed E-state index contributed by atoms with van der Waals surface area (Å²) >= 11 is 0. The van der Waals surface area contributed by atoms with Crippen LogP contribution >= 0.6 is 0 Å². The summed E-state index contributed by atoms with van der Waals surface area (Å²) in [5, 5.41) is 10.4. The molecule has 0 aliphatic heterocycles. The fourth-order valence-electron chi connectivity index (χ4n) is 4.36. The summed E-state index contributed by atoms with van der Waals surface area (Å²) in [7, 11) is 0. The SMILES string of the molecule is CCN(CC)c1ccc(/C=C2/CC(O)C/C(=C\c3ccc(N(CC)CC)cc3)C2=O)cc1. The maximum absolute atomic E-state index is 13.2. The Hall–Kier alpha value is -2.85. The largest absolute Gasteiger partial charge is 0.392 e. The first kappa shape index (κ1) is 23.8. The second-order valence-corrected chi connectivity index (χ2v) is 8.26. The maximum Gasteiger partial charge on any atom is 0.185 e. The van der Waals surface area contributed by atoms with Gasteiger partial charge in [-0.2, -0.15) is 0 Å². The van der Waals surface area contributed by atoms with Crippen LogP contribution in [0.1, 0.15) is 51.7 Å². The smallest absolute Gasteiger partial charge is 0.185 e. The average Bonchev–Trinajstić information content (AvgIpc) is 2.80. The van der Waals surface area contributed by atoms with E-state index >= 15 is 0 Å². The van der Waals surface area contributed by atoms with Gasteiger partial charge in [-0.1, -0.05) is 24.3 Å². The highest BCUT2D eigenvalue weighted by Gasteiger charge is 2.26. The number of Topliss-reactive ketones (excluding diaryl/α,β-unsaturated/α-hetero) is 1. The Kier molecular flexibility index (Phi) is 8.29. The number of nitrogens with zero attached hydrogens (tertiary/aromatic N) is 2. The van der Waals surface area contributed by atoms with Gasteiger partial charge in [0.15, 0.2) is 5.78 Å². The van der Waals surface area contributed by atoms with Gasteiger partial charge in [-0.3, -0.25) is 4.79 Å². The molecule has 1 atom stereocenters. The highest BCUT2D eigenvalue weighted by Crippen LogP contribution is 2.29. The van der Waals surface area contributed by atoms with Crippen LogP contribution in [0.5, 0.6) is 0 Å². The van der Waals surface area contributed by atoms with Crippen LogP contribution in [-0.2, 0) is 4.79 Å². The molecular formula is C28H36N2O2. The Morgan fingerprint density at radius 3 is 1.38 bits per heavy atom. The Labute approximate surface area is 192 Å². The maximum atomic E-state index is 13.2. The van der Waals surface area contributed by atoms with Gasteiger partial charge in [0.2, 0.25) is 0 Å². The van der Waals surface area contributed by atoms with E-state index < -0.39 is 6.10 Å². The number of hydrogen-bond donors (Lipinski definition) is 1. The first-order chi connectivity index (χ1) is 15.5. The zero-order valence-corrected chi connectivity index (χ0v) is 19.8. The Morgan fingerprint density at radius 1 is 0.719 bits per heavy atom. The number of carbonyl (C=O) groups is 1. The summed E-state index contributed by atoms with van der Waals surface area (Å²) in [6, 6.07) is 16.6. The van der Waals surface area contributed by atoms with Gasteiger partial charge >= 0.3 is 0 Å². The lowest BCUT2D eigenvalue weighted by molar-refractivity contribution is -0.113. The molecule has 0 saturated heterocycles. The van der Waals surface area contributed by atoms with E-state index in [0.29, 0.717) is 24.0 Å². The molecule has 1 unspecified atom stereocenters. The number of aliphatic hydroxyl groups excluding tert-OH is 1. The topological polar surface area (TPSA) is 43.8 Å². The summed E-state index contributed by atoms with van der Waals surface area (Å²) < 4.78 is 0. The van der Waals surface area contributed by atoms with Gasteiger partial charge in [0.05, 0.1) is 6.10 Å². The van der Waals surface area contributed by atoms with E-state index in [1.165, 1.54) is 11.4 Å². The Balaban J connectivity index is 1.81. The Morgan fingerprint density at radius 2 is 1.06 bits per heavy atom. The van der Waals surface area contributed by atoms with Crippen LogP contribution in [0, 0.1) is 0 Å². The van der Waals surface area contributed by atoms with Crippen LogP contribution in [0.2, 0.25) is 0 Å². The van der Waals surface area contributed by atoms with Crippen molar-refractivity contribution in [3.05, 3.63) is 70.8 Å². The van der Waals surface area contributed by atoms with E-state index in [1.807, 2.05) is 36.4 Å². The van der Waals surface area contributed by atoms with Crippen LogP contribution in [0.4, 0.5) is 11.4 Å². The highest BCUT2D eigenvalue weighted by atomic mass is 16.3. The van der Waals surface area contributed by atoms with Crippen LogP contribution in [0.25, 0.3) is 12.2 Å². The number of anilines is 2. The molecule has 3 rings (SSSR count). The third-order valence-corrected chi connectivity index (χ3v) is 6.22. The molecule has 0 radical (unpaired) electrons. The van der Waals surface area contributed by atoms with E-state index in [-0.39, 0.29) is 5.78 Å². The van der Waals surface area contributed by atoms with Gasteiger partial charge in [-0.05, 0) is 75.2 Å². The molecule has 1 fully saturated rings. The van der Waals surface area contributed by atoms with E-state index in [1.54, 1.807) is 0 Å². The molecule has 4 nitrogen and oxygen atoms in total. The van der Waals surface area contributed by atoms with Crippen molar-refractivity contribution in [1.82, 2.24) is 0 Å². The molecule has 4 heteroatoms. The molecule has 1 saturated carbocycles. The van der Waals surface area contributed by atoms with Crippen molar-refractivity contribution in [1.29, 1.82) is 0 Å². The fraction of sp³-hybridized carbons (Fsp3) is 0.393. The molecular weight excluding hydrogens is 396 g/mol. The van der Waals surface area contributed by atoms with Gasteiger partial charge in [0, 0.05) is 61.5 Å². The molecule has 0 amide bonds. The molecule has 2 aromatic carbocycles. The number of benzene rings is 2. The van der Waals surface area contributed by atoms with Gasteiger partial charge in [0.1, 0.15) is 0 Å². The van der Waals surface area contributed by atoms with Crippen molar-refractivity contribution < 1.29 is 9.90 Å². The molecule has 0 heterocycles. The van der Waals surface area contributed by atoms with Crippen molar-refractivity contribution in [3.63, 3.8) is 0 Å². The minimum atomic E-state index is -0.532. The zero-order chi connectivity index (χ0) is 23.1. The summed E-state index contributed by atoms with van der Waals surface area (Å²) in [6.07, 6.45) is 4.11. The van der Waals surface area contributed by atoms with E-state index in [0.717, 1.165) is 37.3 Å². The monoisotopic (exact) mass is 432 g/mol. The van der Waals surface area contributed by atoms with Gasteiger partial charge in [-0.25, -0.2) is 0 Å². The van der Waals surface area contributed by atoms with E-state index in [9.17, 15) is 9.90 Å². The number of aliphatic hydroxyl groups is 1. The minimum Gasteiger partial charge on any atom is -0.392 e. The molecule has 1 aliphatic rings. The van der Waals surface area contributed by atoms with Gasteiger partial charge < -0.3 is 14.9 Å². The predicted molar refractivity (Wildman–Crippen MR) is 136 cm³/mol. The Bertz CT molecular complexity index is 872. The lowest BCUT2D eigenvalue weighted by Gasteiger charge is -2.23. The molecule has 0 bridgehead atoms. The van der Waals surface area contributed by atoms with Gasteiger partial charge in [0.25, 0.3) is 0 Å². The number of hydrogen-bond acceptors (Lipinski definition) is 4. The molecule has 0 spiro atoms. The molecule has 0 aromatic heterocycles. The third kappa shape index (κ3) is 5.68. The van der Waals surface area contributed by atoms with Crippen LogP contribution in [0.3, 0.4) is 0 Å². The summed E-state index contributed by atoms with van der Waals surface area (Å²) in [5.74, 6) is 0.0379. The third-order valence-electron chi connectivity index (χ3n) is 6.22. The van der Waals surface area contributed by atoms with Crippen LogP contribution < -0.4 is 9.80 Å². The number of ketones is 1. The first-order valence-corrected chi connectivity index (χ1v) is 11.8. The second-order valence-electron chi connectivity index (χ2n) is 8.26. The minimum absolute atomic E-state index is 0.0379. The van der Waals surface area contributed by atoms with Crippen molar-refractivity contribution in [2.75, 3.05) is 36.0 Å². The van der Waals surface area contributed by atoms with Crippen LogP contribution in [0.15, 0.2) is 59.7 Å². The van der Waals surface area contributed by atoms with E-state index in [2.05, 4.69) is 61.8 Å². The standard InChI is InChI=1S/C28H36N2O2/c1-5-29(6-2)25-13-9-21(10-14-25)17-23-19-27(31)20-24(28(23)32)18-22-11-15-26(16-12-22)30(7-3)8-4/h9-18,27,31H,5-8,19-20H2,1-4H3/b23-17-,24-18+. The fourth-order valence-corrected chi connectivity index (χ4v) is 4.36. The predicted octanol–water partition coefficient (Wildman–Crippen LogP) is 5.57. The van der Waals surface area contributed by atoms with Gasteiger partial charge in [-0.15, -0.1) is 0 Å². The molecule has 32 heavy (non-hydrogen) atoms. The van der Waals surface area contributed by atoms with E-state index in [4.69, 9.17) is 0 Å². The van der Waals surface area contributed by atoms with Crippen molar-refractivity contribution >= 4 is 29.3 Å². The molecule has 1 N–H and O–H groups in total. The summed E-state index contributed by atoms with van der Waals surface area (Å²) in [5.41, 5.74) is 5.68. The molecule has 170 valence electrons. The average molecular weight is 433 g/mol. The first-order valence-electron chi connectivity index (χ1n) is 11.8. The zero-order valence-electron chi connectivity index (χ0n) is 19.8. The molecule has 2 aromatic rings. The van der Waals surface area contributed by atoms with Crippen molar-refractivity contribution in [2.45, 2.75) is 46.6 Å². The van der Waals surface area contributed by atoms with Crippen molar-refractivity contribution in [2.24, 2.45) is 0 Å². The normalized spacial score (nSPS) is 18.9. The number of rotatable bonds is 8. The van der Waals surface area contributed by atoms with Crippen LogP contribution in [-0.4, -0.2) is 43.2 Å². The summed E-state index contributed by atoms with van der Waals surface area (Å²) in [4.78, 5) is 17.7. The number of carbonyl (C=O) groups excluding carboxylic acids is 1. The second kappa shape index (κ2) is 11.1. The molecule has 1 aliphatic carbocycles. The summed E-state index contributed by atoms with van der Waals surface area (Å²) in [6.45, 7) is 12.4. The quantitative estimate of drug-likeness (QED) is 0.554. The van der Waals surface area contributed by atoms with Crippen molar-refractivity contribution in [3.8, 4) is 0 Å².